The van der Waals surface area contributed by atoms with E-state index in [4.69, 9.17) is 5.26 Å². The Balaban J connectivity index is 2.62. The second-order valence-electron chi connectivity index (χ2n) is 2.90. The van der Waals surface area contributed by atoms with E-state index in [0.29, 0.717) is 5.56 Å². The van der Waals surface area contributed by atoms with E-state index < -0.39 is 11.9 Å². The van der Waals surface area contributed by atoms with E-state index in [-0.39, 0.29) is 11.1 Å². The minimum atomic E-state index is -0.874. The SMILES string of the molecule is N#CC1=C(c2ccccc2)C(=O)OC1=O. The minimum absolute atomic E-state index is 0.0445. The van der Waals surface area contributed by atoms with Gasteiger partial charge in [-0.3, -0.25) is 0 Å². The van der Waals surface area contributed by atoms with Crippen LogP contribution in [0.4, 0.5) is 0 Å². The van der Waals surface area contributed by atoms with Gasteiger partial charge in [-0.15, -0.1) is 0 Å². The smallest absolute Gasteiger partial charge is 0.357 e. The minimum Gasteiger partial charge on any atom is -0.385 e. The molecule has 15 heavy (non-hydrogen) atoms. The molecule has 1 aliphatic heterocycles. The second-order valence-corrected chi connectivity index (χ2v) is 2.90. The van der Waals surface area contributed by atoms with Crippen LogP contribution < -0.4 is 0 Å². The van der Waals surface area contributed by atoms with Gasteiger partial charge in [0.15, 0.2) is 5.57 Å². The molecule has 0 unspecified atom stereocenters. The standard InChI is InChI=1S/C11H5NO3/c12-6-8-9(11(14)15-10(8)13)7-4-2-1-3-5-7/h1-5H. The van der Waals surface area contributed by atoms with Crippen LogP contribution in [0, 0.1) is 11.3 Å². The van der Waals surface area contributed by atoms with Crippen LogP contribution in [0.25, 0.3) is 5.57 Å². The van der Waals surface area contributed by atoms with Gasteiger partial charge in [-0.05, 0) is 5.56 Å². The first-order chi connectivity index (χ1) is 7.24. The van der Waals surface area contributed by atoms with Gasteiger partial charge in [0.1, 0.15) is 6.07 Å². The number of benzene rings is 1. The number of esters is 2. The summed E-state index contributed by atoms with van der Waals surface area (Å²) >= 11 is 0. The summed E-state index contributed by atoms with van der Waals surface area (Å²) in [6.07, 6.45) is 0. The van der Waals surface area contributed by atoms with Crippen molar-refractivity contribution < 1.29 is 14.3 Å². The summed E-state index contributed by atoms with van der Waals surface area (Å²) in [7, 11) is 0. The number of hydrogen-bond donors (Lipinski definition) is 0. The molecule has 72 valence electrons. The van der Waals surface area contributed by atoms with Crippen LogP contribution in [0.2, 0.25) is 0 Å². The van der Waals surface area contributed by atoms with E-state index in [1.807, 2.05) is 0 Å². The molecule has 0 N–H and O–H groups in total. The van der Waals surface area contributed by atoms with Crippen LogP contribution in [0.1, 0.15) is 5.56 Å². The Bertz CT molecular complexity index is 508. The Kier molecular flexibility index (Phi) is 2.07. The molecule has 0 aliphatic carbocycles. The third-order valence-corrected chi connectivity index (χ3v) is 2.02. The highest BCUT2D eigenvalue weighted by atomic mass is 16.6. The van der Waals surface area contributed by atoms with Gasteiger partial charge in [0.2, 0.25) is 0 Å². The number of carbonyl (C=O) groups is 2. The van der Waals surface area contributed by atoms with Crippen LogP contribution in [0.5, 0.6) is 0 Å². The molecule has 4 nitrogen and oxygen atoms in total. The van der Waals surface area contributed by atoms with Crippen molar-refractivity contribution in [1.29, 1.82) is 5.26 Å². The van der Waals surface area contributed by atoms with E-state index in [9.17, 15) is 9.59 Å². The summed E-state index contributed by atoms with van der Waals surface area (Å²) in [5.74, 6) is -1.64. The molecular formula is C11H5NO3. The third kappa shape index (κ3) is 1.40. The fraction of sp³-hybridized carbons (Fsp3) is 0. The number of nitrogens with zero attached hydrogens (tertiary/aromatic N) is 1. The fourth-order valence-electron chi connectivity index (χ4n) is 1.36. The molecule has 0 bridgehead atoms. The summed E-state index contributed by atoms with van der Waals surface area (Å²) in [5.41, 5.74) is 0.333. The maximum atomic E-state index is 11.3. The Labute approximate surface area is 85.4 Å². The number of nitriles is 1. The lowest BCUT2D eigenvalue weighted by Gasteiger charge is -1.96. The van der Waals surface area contributed by atoms with Gasteiger partial charge in [-0.2, -0.15) is 5.26 Å². The first-order valence-corrected chi connectivity index (χ1v) is 4.20. The van der Waals surface area contributed by atoms with Crippen molar-refractivity contribution in [2.45, 2.75) is 0 Å². The molecule has 0 aromatic heterocycles. The average molecular weight is 199 g/mol. The highest BCUT2D eigenvalue weighted by molar-refractivity contribution is 6.32. The van der Waals surface area contributed by atoms with Crippen molar-refractivity contribution >= 4 is 17.5 Å². The molecule has 0 atom stereocenters. The van der Waals surface area contributed by atoms with Crippen molar-refractivity contribution in [1.82, 2.24) is 0 Å². The molecule has 0 amide bonds. The summed E-state index contributed by atoms with van der Waals surface area (Å²) in [6, 6.07) is 10.2. The summed E-state index contributed by atoms with van der Waals surface area (Å²) in [4.78, 5) is 22.4. The van der Waals surface area contributed by atoms with E-state index in [1.165, 1.54) is 0 Å². The summed E-state index contributed by atoms with van der Waals surface area (Å²) in [5, 5.41) is 8.73. The van der Waals surface area contributed by atoms with E-state index in [1.54, 1.807) is 36.4 Å². The van der Waals surface area contributed by atoms with Crippen molar-refractivity contribution in [3.63, 3.8) is 0 Å². The van der Waals surface area contributed by atoms with Gasteiger partial charge >= 0.3 is 11.9 Å². The Hall–Kier alpha value is -2.41. The zero-order valence-electron chi connectivity index (χ0n) is 7.56. The molecule has 1 aliphatic rings. The van der Waals surface area contributed by atoms with Gasteiger partial charge in [0.25, 0.3) is 0 Å². The van der Waals surface area contributed by atoms with Crippen LogP contribution in [0.15, 0.2) is 35.9 Å². The Morgan fingerprint density at radius 2 is 1.73 bits per heavy atom. The number of cyclic esters (lactones) is 2. The second kappa shape index (κ2) is 3.39. The maximum Gasteiger partial charge on any atom is 0.357 e. The summed E-state index contributed by atoms with van der Waals surface area (Å²) < 4.78 is 4.36. The molecule has 4 heteroatoms. The van der Waals surface area contributed by atoms with Gasteiger partial charge in [-0.25, -0.2) is 9.59 Å². The number of rotatable bonds is 1. The lowest BCUT2D eigenvalue weighted by Crippen LogP contribution is -2.01. The topological polar surface area (TPSA) is 67.2 Å². The predicted octanol–water partition coefficient (Wildman–Crippen LogP) is 1.05. The maximum absolute atomic E-state index is 11.3. The van der Waals surface area contributed by atoms with Crippen molar-refractivity contribution in [3.8, 4) is 6.07 Å². The van der Waals surface area contributed by atoms with E-state index in [0.717, 1.165) is 0 Å². The Morgan fingerprint density at radius 3 is 2.33 bits per heavy atom. The number of hydrogen-bond acceptors (Lipinski definition) is 4. The quantitative estimate of drug-likeness (QED) is 0.500. The number of carbonyl (C=O) groups excluding carboxylic acids is 2. The van der Waals surface area contributed by atoms with E-state index in [2.05, 4.69) is 4.74 Å². The lowest BCUT2D eigenvalue weighted by molar-refractivity contribution is -0.150. The molecule has 0 fully saturated rings. The van der Waals surface area contributed by atoms with Crippen molar-refractivity contribution in [2.24, 2.45) is 0 Å². The lowest BCUT2D eigenvalue weighted by atomic mass is 10.0. The molecule has 1 heterocycles. The van der Waals surface area contributed by atoms with Gasteiger partial charge in [0.05, 0.1) is 5.57 Å². The highest BCUT2D eigenvalue weighted by Gasteiger charge is 2.33. The van der Waals surface area contributed by atoms with Crippen molar-refractivity contribution in [3.05, 3.63) is 41.5 Å². The molecule has 0 radical (unpaired) electrons. The summed E-state index contributed by atoms with van der Waals surface area (Å²) in [6.45, 7) is 0. The van der Waals surface area contributed by atoms with Gasteiger partial charge in [0, 0.05) is 0 Å². The highest BCUT2D eigenvalue weighted by Crippen LogP contribution is 2.26. The number of ether oxygens (including phenoxy) is 1. The van der Waals surface area contributed by atoms with E-state index >= 15 is 0 Å². The normalized spacial score (nSPS) is 15.1. The van der Waals surface area contributed by atoms with Gasteiger partial charge < -0.3 is 4.74 Å². The van der Waals surface area contributed by atoms with Crippen LogP contribution in [-0.4, -0.2) is 11.9 Å². The third-order valence-electron chi connectivity index (χ3n) is 2.02. The first kappa shape index (κ1) is 9.16. The molecule has 1 aromatic rings. The van der Waals surface area contributed by atoms with Crippen LogP contribution >= 0.6 is 0 Å². The van der Waals surface area contributed by atoms with Crippen LogP contribution in [0.3, 0.4) is 0 Å². The molecule has 2 rings (SSSR count). The molecule has 1 aromatic carbocycles. The molecule has 0 saturated carbocycles. The van der Waals surface area contributed by atoms with Gasteiger partial charge in [-0.1, -0.05) is 30.3 Å². The van der Waals surface area contributed by atoms with Crippen molar-refractivity contribution in [2.75, 3.05) is 0 Å². The molecular weight excluding hydrogens is 194 g/mol. The fourth-order valence-corrected chi connectivity index (χ4v) is 1.36. The zero-order valence-corrected chi connectivity index (χ0v) is 7.56. The van der Waals surface area contributed by atoms with Crippen LogP contribution in [-0.2, 0) is 14.3 Å². The average Bonchev–Trinajstić information content (AvgIpc) is 2.54. The first-order valence-electron chi connectivity index (χ1n) is 4.20. The molecule has 0 saturated heterocycles. The Morgan fingerprint density at radius 1 is 1.07 bits per heavy atom. The zero-order chi connectivity index (χ0) is 10.8. The molecule has 0 spiro atoms. The largest absolute Gasteiger partial charge is 0.385 e. The monoisotopic (exact) mass is 199 g/mol. The predicted molar refractivity (Wildman–Crippen MR) is 50.1 cm³/mol.